The number of aromatic nitrogens is 3. The highest BCUT2D eigenvalue weighted by Crippen LogP contribution is 2.44. The maximum absolute atomic E-state index is 13.8. The Morgan fingerprint density at radius 3 is 2.29 bits per heavy atom. The summed E-state index contributed by atoms with van der Waals surface area (Å²) in [4.78, 5) is 30.3. The standard InChI is InChI=1S/C31H33N5O2/c1-33-20-26(12-14-29(33)37)36-27-13-11-25(15-24(27)17-32-36)35-30(38)16-28(31(35)23-5-3-2-4-6-23)34(18-21-7-8-21)19-22-9-10-22/h2-6,11-15,17,20-22,28,31H,7-10,16,18-19H2,1H3/t28-,31+/m0/s1. The van der Waals surface area contributed by atoms with E-state index in [-0.39, 0.29) is 23.6 Å². The van der Waals surface area contributed by atoms with E-state index in [0.717, 1.165) is 47.2 Å². The molecule has 2 saturated carbocycles. The third-order valence-corrected chi connectivity index (χ3v) is 8.43. The molecule has 4 aromatic rings. The van der Waals surface area contributed by atoms with Gasteiger partial charge in [0.2, 0.25) is 11.5 Å². The fourth-order valence-corrected chi connectivity index (χ4v) is 6.06. The van der Waals surface area contributed by atoms with E-state index >= 15 is 0 Å². The average molecular weight is 508 g/mol. The van der Waals surface area contributed by atoms with Gasteiger partial charge in [-0.2, -0.15) is 5.10 Å². The van der Waals surface area contributed by atoms with Gasteiger partial charge >= 0.3 is 0 Å². The summed E-state index contributed by atoms with van der Waals surface area (Å²) < 4.78 is 3.40. The van der Waals surface area contributed by atoms with E-state index in [2.05, 4.69) is 40.3 Å². The highest BCUT2D eigenvalue weighted by molar-refractivity contribution is 5.99. The number of benzene rings is 2. The monoisotopic (exact) mass is 507 g/mol. The van der Waals surface area contributed by atoms with Gasteiger partial charge in [0.15, 0.2) is 0 Å². The zero-order valence-corrected chi connectivity index (χ0v) is 21.7. The number of aryl methyl sites for hydroxylation is 1. The molecular weight excluding hydrogens is 474 g/mol. The van der Waals surface area contributed by atoms with E-state index in [4.69, 9.17) is 0 Å². The molecular formula is C31H33N5O2. The zero-order valence-electron chi connectivity index (χ0n) is 21.7. The second kappa shape index (κ2) is 9.24. The van der Waals surface area contributed by atoms with Crippen molar-refractivity contribution in [2.24, 2.45) is 18.9 Å². The smallest absolute Gasteiger partial charge is 0.250 e. The van der Waals surface area contributed by atoms with Gasteiger partial charge in [-0.3, -0.25) is 14.5 Å². The fourth-order valence-electron chi connectivity index (χ4n) is 6.06. The quantitative estimate of drug-likeness (QED) is 0.347. The Morgan fingerprint density at radius 1 is 0.895 bits per heavy atom. The van der Waals surface area contributed by atoms with Gasteiger partial charge in [0, 0.05) is 55.9 Å². The SMILES string of the molecule is Cn1cc(-n2ncc3cc(N4C(=O)C[C@H](N(CC5CC5)CC5CC5)[C@H]4c4ccccc4)ccc32)ccc1=O. The minimum atomic E-state index is -0.0565. The first-order valence-corrected chi connectivity index (χ1v) is 13.8. The van der Waals surface area contributed by atoms with Crippen LogP contribution in [0.5, 0.6) is 0 Å². The van der Waals surface area contributed by atoms with Crippen LogP contribution in [0.4, 0.5) is 5.69 Å². The van der Waals surface area contributed by atoms with E-state index in [1.807, 2.05) is 34.0 Å². The Kier molecular flexibility index (Phi) is 5.69. The Balaban J connectivity index is 1.27. The minimum Gasteiger partial charge on any atom is -0.316 e. The van der Waals surface area contributed by atoms with Crippen LogP contribution in [0.15, 0.2) is 77.9 Å². The number of carbonyl (C=O) groups excluding carboxylic acids is 1. The molecule has 0 radical (unpaired) electrons. The highest BCUT2D eigenvalue weighted by Gasteiger charge is 2.46. The number of carbonyl (C=O) groups is 1. The number of hydrogen-bond acceptors (Lipinski definition) is 4. The minimum absolute atomic E-state index is 0.0163. The molecule has 0 spiro atoms. The lowest BCUT2D eigenvalue weighted by atomic mass is 9.97. The van der Waals surface area contributed by atoms with Gasteiger partial charge in [-0.1, -0.05) is 30.3 Å². The lowest BCUT2D eigenvalue weighted by Gasteiger charge is -2.36. The largest absolute Gasteiger partial charge is 0.316 e. The molecule has 0 N–H and O–H groups in total. The summed E-state index contributed by atoms with van der Waals surface area (Å²) in [5, 5.41) is 5.58. The van der Waals surface area contributed by atoms with Crippen molar-refractivity contribution < 1.29 is 4.79 Å². The van der Waals surface area contributed by atoms with Gasteiger partial charge < -0.3 is 9.47 Å². The van der Waals surface area contributed by atoms with Crippen molar-refractivity contribution >= 4 is 22.5 Å². The number of hydrogen-bond donors (Lipinski definition) is 0. The van der Waals surface area contributed by atoms with E-state index in [1.54, 1.807) is 29.9 Å². The summed E-state index contributed by atoms with van der Waals surface area (Å²) in [5.74, 6) is 1.76. The van der Waals surface area contributed by atoms with Gasteiger partial charge in [0.05, 0.1) is 23.4 Å². The number of fused-ring (bicyclic) bond motifs is 1. The van der Waals surface area contributed by atoms with E-state index in [1.165, 1.54) is 31.2 Å². The first kappa shape index (κ1) is 23.4. The molecule has 3 heterocycles. The molecule has 1 aliphatic heterocycles. The van der Waals surface area contributed by atoms with Crippen molar-refractivity contribution in [3.8, 4) is 5.69 Å². The van der Waals surface area contributed by atoms with Gasteiger partial charge in [-0.15, -0.1) is 0 Å². The maximum Gasteiger partial charge on any atom is 0.250 e. The van der Waals surface area contributed by atoms with Crippen LogP contribution < -0.4 is 10.5 Å². The van der Waals surface area contributed by atoms with Gasteiger partial charge in [-0.05, 0) is 67.3 Å². The van der Waals surface area contributed by atoms with Crippen LogP contribution in [0.1, 0.15) is 43.7 Å². The summed E-state index contributed by atoms with van der Waals surface area (Å²) >= 11 is 0. The second-order valence-corrected chi connectivity index (χ2v) is 11.4. The normalized spacial score (nSPS) is 21.6. The third kappa shape index (κ3) is 4.35. The van der Waals surface area contributed by atoms with Gasteiger partial charge in [0.25, 0.3) is 0 Å². The van der Waals surface area contributed by atoms with Gasteiger partial charge in [-0.25, -0.2) is 4.68 Å². The van der Waals surface area contributed by atoms with Crippen LogP contribution in [0.25, 0.3) is 16.6 Å². The number of pyridine rings is 1. The number of anilines is 1. The van der Waals surface area contributed by atoms with Gasteiger partial charge in [0.1, 0.15) is 0 Å². The Hall–Kier alpha value is -3.71. The molecule has 7 heteroatoms. The summed E-state index contributed by atoms with van der Waals surface area (Å²) in [6, 6.07) is 20.2. The Bertz CT molecular complexity index is 1540. The van der Waals surface area contributed by atoms with Crippen LogP contribution in [0.3, 0.4) is 0 Å². The van der Waals surface area contributed by atoms with Crippen molar-refractivity contribution in [3.63, 3.8) is 0 Å². The molecule has 7 rings (SSSR count). The summed E-state index contributed by atoms with van der Waals surface area (Å²) in [7, 11) is 1.74. The van der Waals surface area contributed by atoms with Crippen molar-refractivity contribution in [1.82, 2.24) is 19.2 Å². The average Bonchev–Trinajstić information content (AvgIpc) is 3.85. The first-order chi connectivity index (χ1) is 18.5. The summed E-state index contributed by atoms with van der Waals surface area (Å²) in [6.45, 7) is 2.22. The van der Waals surface area contributed by atoms with Crippen LogP contribution in [-0.2, 0) is 11.8 Å². The highest BCUT2D eigenvalue weighted by atomic mass is 16.2. The van der Waals surface area contributed by atoms with Crippen LogP contribution >= 0.6 is 0 Å². The molecule has 1 saturated heterocycles. The van der Waals surface area contributed by atoms with E-state index in [0.29, 0.717) is 6.42 Å². The Labute approximate surface area is 222 Å². The van der Waals surface area contributed by atoms with Crippen LogP contribution in [0, 0.1) is 11.8 Å². The molecule has 2 atom stereocenters. The van der Waals surface area contributed by atoms with E-state index < -0.39 is 0 Å². The molecule has 194 valence electrons. The molecule has 2 aromatic carbocycles. The Morgan fingerprint density at radius 2 is 1.61 bits per heavy atom. The van der Waals surface area contributed by atoms with Crippen molar-refractivity contribution in [3.05, 3.63) is 89.0 Å². The molecule has 2 aromatic heterocycles. The molecule has 3 aliphatic rings. The molecule has 2 aliphatic carbocycles. The lowest BCUT2D eigenvalue weighted by Crippen LogP contribution is -2.42. The molecule has 7 nitrogen and oxygen atoms in total. The predicted octanol–water partition coefficient (Wildman–Crippen LogP) is 4.69. The van der Waals surface area contributed by atoms with Crippen LogP contribution in [0.2, 0.25) is 0 Å². The van der Waals surface area contributed by atoms with Crippen molar-refractivity contribution in [2.45, 2.75) is 44.2 Å². The number of rotatable bonds is 8. The number of nitrogens with zero attached hydrogens (tertiary/aromatic N) is 5. The maximum atomic E-state index is 13.8. The summed E-state index contributed by atoms with van der Waals surface area (Å²) in [6.07, 6.45) is 9.45. The first-order valence-electron chi connectivity index (χ1n) is 13.8. The zero-order chi connectivity index (χ0) is 25.8. The fraction of sp³-hybridized carbons (Fsp3) is 0.387. The van der Waals surface area contributed by atoms with Crippen LogP contribution in [-0.4, -0.2) is 44.3 Å². The third-order valence-electron chi connectivity index (χ3n) is 8.43. The topological polar surface area (TPSA) is 63.4 Å². The predicted molar refractivity (Wildman–Crippen MR) is 148 cm³/mol. The molecule has 3 fully saturated rings. The molecule has 38 heavy (non-hydrogen) atoms. The van der Waals surface area contributed by atoms with Crippen molar-refractivity contribution in [1.29, 1.82) is 0 Å². The lowest BCUT2D eigenvalue weighted by molar-refractivity contribution is -0.117. The molecule has 0 bridgehead atoms. The molecule has 1 amide bonds. The summed E-state index contributed by atoms with van der Waals surface area (Å²) in [5.41, 5.74) is 3.82. The van der Waals surface area contributed by atoms with Crippen molar-refractivity contribution in [2.75, 3.05) is 18.0 Å². The second-order valence-electron chi connectivity index (χ2n) is 11.4. The van der Waals surface area contributed by atoms with E-state index in [9.17, 15) is 9.59 Å². The number of amides is 1. The molecule has 0 unspecified atom stereocenters.